The molecule has 2 atom stereocenters. The first kappa shape index (κ1) is 25.5. The molecule has 1 saturated heterocycles. The Bertz CT molecular complexity index is 410. The number of hydrogen-bond acceptors (Lipinski definition) is 2. The van der Waals surface area contributed by atoms with Gasteiger partial charge in [0.05, 0.1) is 6.10 Å². The summed E-state index contributed by atoms with van der Waals surface area (Å²) in [5.74, 6) is 8.44. The quantitative estimate of drug-likeness (QED) is 0.232. The molecule has 0 bridgehead atoms. The fraction of sp³-hybridized carbons (Fsp3) is 0.923. The molecule has 1 heterocycles. The van der Waals surface area contributed by atoms with Crippen molar-refractivity contribution in [1.29, 1.82) is 0 Å². The second-order valence-corrected chi connectivity index (χ2v) is 8.99. The van der Waals surface area contributed by atoms with Gasteiger partial charge in [0.15, 0.2) is 0 Å². The van der Waals surface area contributed by atoms with Gasteiger partial charge in [0, 0.05) is 25.6 Å². The number of nitrogens with zero attached hydrogens (tertiary/aromatic N) is 1. The van der Waals surface area contributed by atoms with Crippen molar-refractivity contribution in [3.8, 4) is 11.8 Å². The van der Waals surface area contributed by atoms with Gasteiger partial charge in [-0.2, -0.15) is 0 Å². The van der Waals surface area contributed by atoms with Crippen LogP contribution >= 0.6 is 0 Å². The maximum Gasteiger partial charge on any atom is 0.115 e. The number of piperidine rings is 1. The normalized spacial score (nSPS) is 18.1. The molecule has 0 aromatic heterocycles. The second-order valence-electron chi connectivity index (χ2n) is 8.99. The van der Waals surface area contributed by atoms with Crippen molar-refractivity contribution < 1.29 is 4.74 Å². The largest absolute Gasteiger partial charge is 0.362 e. The summed E-state index contributed by atoms with van der Waals surface area (Å²) in [6, 6.07) is 0. The molecule has 0 N–H and O–H groups in total. The number of ether oxygens (including phenoxy) is 1. The van der Waals surface area contributed by atoms with E-state index in [1.165, 1.54) is 96.7 Å². The van der Waals surface area contributed by atoms with Crippen LogP contribution in [-0.4, -0.2) is 36.7 Å². The lowest BCUT2D eigenvalue weighted by molar-refractivity contribution is -0.0146. The van der Waals surface area contributed by atoms with Gasteiger partial charge in [-0.1, -0.05) is 78.1 Å². The van der Waals surface area contributed by atoms with E-state index in [1.807, 2.05) is 0 Å². The third-order valence-electron chi connectivity index (χ3n) is 6.13. The number of unbranched alkanes of at least 4 members (excludes halogenated alkanes) is 2. The zero-order valence-electron chi connectivity index (χ0n) is 19.8. The van der Waals surface area contributed by atoms with Crippen LogP contribution in [0.1, 0.15) is 112 Å². The van der Waals surface area contributed by atoms with Crippen molar-refractivity contribution in [1.82, 2.24) is 4.90 Å². The highest BCUT2D eigenvalue weighted by Gasteiger charge is 2.22. The minimum atomic E-state index is 0.0787. The van der Waals surface area contributed by atoms with Gasteiger partial charge in [-0.15, -0.1) is 0 Å². The lowest BCUT2D eigenvalue weighted by atomic mass is 9.96. The summed E-state index contributed by atoms with van der Waals surface area (Å²) in [6.07, 6.45) is 15.9. The monoisotopic (exact) mass is 391 g/mol. The summed E-state index contributed by atoms with van der Waals surface area (Å²) < 4.78 is 6.29. The van der Waals surface area contributed by atoms with Crippen LogP contribution in [0.25, 0.3) is 0 Å². The van der Waals surface area contributed by atoms with Crippen molar-refractivity contribution in [3.05, 3.63) is 0 Å². The van der Waals surface area contributed by atoms with E-state index in [9.17, 15) is 0 Å². The fourth-order valence-electron chi connectivity index (χ4n) is 4.57. The number of hydrogen-bond donors (Lipinski definition) is 0. The highest BCUT2D eigenvalue weighted by atomic mass is 16.5. The molecular formula is C26H49NO. The first-order valence-corrected chi connectivity index (χ1v) is 12.5. The predicted molar refractivity (Wildman–Crippen MR) is 124 cm³/mol. The van der Waals surface area contributed by atoms with E-state index in [0.29, 0.717) is 12.0 Å². The van der Waals surface area contributed by atoms with Crippen molar-refractivity contribution >= 4 is 0 Å². The number of likely N-dealkylation sites (tertiary alicyclic amines) is 1. The topological polar surface area (TPSA) is 12.5 Å². The maximum atomic E-state index is 6.29. The predicted octanol–water partition coefficient (Wildman–Crippen LogP) is 7.07. The molecule has 1 fully saturated rings. The van der Waals surface area contributed by atoms with Crippen LogP contribution in [0.5, 0.6) is 0 Å². The molecule has 0 amide bonds. The van der Waals surface area contributed by atoms with E-state index in [0.717, 1.165) is 5.92 Å². The van der Waals surface area contributed by atoms with Crippen LogP contribution in [0.15, 0.2) is 0 Å². The summed E-state index contributed by atoms with van der Waals surface area (Å²) in [5, 5.41) is 0. The Morgan fingerprint density at radius 2 is 1.46 bits per heavy atom. The summed E-state index contributed by atoms with van der Waals surface area (Å²) in [5.41, 5.74) is 0. The Morgan fingerprint density at radius 3 is 2.04 bits per heavy atom. The van der Waals surface area contributed by atoms with E-state index < -0.39 is 0 Å². The van der Waals surface area contributed by atoms with Crippen molar-refractivity contribution in [2.75, 3.05) is 19.6 Å². The van der Waals surface area contributed by atoms with Crippen LogP contribution in [-0.2, 0) is 4.74 Å². The van der Waals surface area contributed by atoms with Gasteiger partial charge in [-0.3, -0.25) is 0 Å². The van der Waals surface area contributed by atoms with E-state index in [-0.39, 0.29) is 6.10 Å². The van der Waals surface area contributed by atoms with Crippen molar-refractivity contribution in [2.45, 2.75) is 124 Å². The molecule has 0 radical (unpaired) electrons. The van der Waals surface area contributed by atoms with Crippen LogP contribution < -0.4 is 0 Å². The summed E-state index contributed by atoms with van der Waals surface area (Å²) >= 11 is 0. The third-order valence-corrected chi connectivity index (χ3v) is 6.13. The lowest BCUT2D eigenvalue weighted by Crippen LogP contribution is -2.40. The Morgan fingerprint density at radius 1 is 0.821 bits per heavy atom. The molecule has 0 aromatic carbocycles. The molecule has 164 valence electrons. The molecule has 2 heteroatoms. The smallest absolute Gasteiger partial charge is 0.115 e. The minimum Gasteiger partial charge on any atom is -0.362 e. The van der Waals surface area contributed by atoms with Gasteiger partial charge in [0.2, 0.25) is 0 Å². The first-order chi connectivity index (χ1) is 13.6. The Kier molecular flexibility index (Phi) is 14.9. The molecule has 0 aliphatic carbocycles. The molecule has 1 aliphatic rings. The van der Waals surface area contributed by atoms with Crippen LogP contribution in [0.2, 0.25) is 0 Å². The highest BCUT2D eigenvalue weighted by molar-refractivity contribution is 5.07. The van der Waals surface area contributed by atoms with Gasteiger partial charge < -0.3 is 9.64 Å². The van der Waals surface area contributed by atoms with Gasteiger partial charge in [0.25, 0.3) is 0 Å². The Labute approximate surface area is 177 Å². The molecule has 0 aromatic rings. The molecule has 1 rings (SSSR count). The standard InChI is InChI=1S/C26H49NO/c1-6-10-11-15-24(12-7-2)17-16-23(5)28-26-18-20-27(21-19-26)22-25(13-8-3)14-9-4/h23-26H,6-15,18-22H2,1-5H3/t23-,24?/m0/s1. The van der Waals surface area contributed by atoms with Gasteiger partial charge >= 0.3 is 0 Å². The molecule has 0 spiro atoms. The van der Waals surface area contributed by atoms with Crippen LogP contribution in [0, 0.1) is 23.7 Å². The average Bonchev–Trinajstić information content (AvgIpc) is 2.68. The summed E-state index contributed by atoms with van der Waals surface area (Å²) in [7, 11) is 0. The minimum absolute atomic E-state index is 0.0787. The van der Waals surface area contributed by atoms with Crippen molar-refractivity contribution in [2.24, 2.45) is 11.8 Å². The SMILES string of the molecule is CCCCCC(C#C[C@H](C)OC1CCN(CC(CCC)CCC)CC1)CCC. The fourth-order valence-corrected chi connectivity index (χ4v) is 4.57. The molecule has 2 nitrogen and oxygen atoms in total. The Balaban J connectivity index is 2.35. The zero-order valence-corrected chi connectivity index (χ0v) is 19.8. The first-order valence-electron chi connectivity index (χ1n) is 12.5. The zero-order chi connectivity index (χ0) is 20.6. The van der Waals surface area contributed by atoms with E-state index in [4.69, 9.17) is 4.74 Å². The molecule has 1 aliphatic heterocycles. The van der Waals surface area contributed by atoms with Crippen LogP contribution in [0.4, 0.5) is 0 Å². The lowest BCUT2D eigenvalue weighted by Gasteiger charge is -2.34. The molecule has 0 saturated carbocycles. The van der Waals surface area contributed by atoms with E-state index >= 15 is 0 Å². The average molecular weight is 392 g/mol. The second kappa shape index (κ2) is 16.3. The summed E-state index contributed by atoms with van der Waals surface area (Å²) in [6.45, 7) is 15.0. The highest BCUT2D eigenvalue weighted by Crippen LogP contribution is 2.21. The summed E-state index contributed by atoms with van der Waals surface area (Å²) in [4.78, 5) is 2.68. The molecule has 1 unspecified atom stereocenters. The van der Waals surface area contributed by atoms with E-state index in [2.05, 4.69) is 51.4 Å². The Hall–Kier alpha value is -0.520. The van der Waals surface area contributed by atoms with E-state index in [1.54, 1.807) is 0 Å². The van der Waals surface area contributed by atoms with Gasteiger partial charge in [-0.25, -0.2) is 0 Å². The maximum absolute atomic E-state index is 6.29. The molecule has 28 heavy (non-hydrogen) atoms. The van der Waals surface area contributed by atoms with Gasteiger partial charge in [-0.05, 0) is 51.4 Å². The van der Waals surface area contributed by atoms with Crippen molar-refractivity contribution in [3.63, 3.8) is 0 Å². The van der Waals surface area contributed by atoms with Gasteiger partial charge in [0.1, 0.15) is 6.10 Å². The molecular weight excluding hydrogens is 342 g/mol. The third kappa shape index (κ3) is 11.5. The van der Waals surface area contributed by atoms with Crippen LogP contribution in [0.3, 0.4) is 0 Å². The number of rotatable bonds is 14.